The van der Waals surface area contributed by atoms with Crippen LogP contribution in [0.25, 0.3) is 66.9 Å². The predicted octanol–water partition coefficient (Wildman–Crippen LogP) is 11.5. The van der Waals surface area contributed by atoms with E-state index in [-0.39, 0.29) is 0 Å². The van der Waals surface area contributed by atoms with Crippen molar-refractivity contribution < 1.29 is 0 Å². The summed E-state index contributed by atoms with van der Waals surface area (Å²) in [7, 11) is 0. The minimum atomic E-state index is -0.623. The third-order valence-electron chi connectivity index (χ3n) is 11.1. The minimum Gasteiger partial charge on any atom is -0.309 e. The zero-order valence-electron chi connectivity index (χ0n) is 28.8. The predicted molar refractivity (Wildman–Crippen MR) is 216 cm³/mol. The van der Waals surface area contributed by atoms with Gasteiger partial charge in [0.2, 0.25) is 0 Å². The van der Waals surface area contributed by atoms with Crippen LogP contribution in [-0.2, 0) is 5.41 Å². The van der Waals surface area contributed by atoms with Crippen LogP contribution < -0.4 is 0 Å². The lowest BCUT2D eigenvalue weighted by Crippen LogP contribution is -2.35. The van der Waals surface area contributed by atoms with Crippen LogP contribution in [0.3, 0.4) is 0 Å². The van der Waals surface area contributed by atoms with Gasteiger partial charge in [-0.2, -0.15) is 0 Å². The number of para-hydroxylation sites is 3. The topological polar surface area (TPSA) is 35.6 Å². The molecule has 10 aromatic rings. The maximum atomic E-state index is 5.41. The highest BCUT2D eigenvalue weighted by Gasteiger charge is 2.45. The molecular weight excluding hydrogens is 645 g/mol. The molecule has 0 unspecified atom stereocenters. The van der Waals surface area contributed by atoms with E-state index in [4.69, 9.17) is 4.98 Å². The van der Waals surface area contributed by atoms with Gasteiger partial charge in [-0.1, -0.05) is 140 Å². The first kappa shape index (κ1) is 29.7. The second kappa shape index (κ2) is 11.5. The Morgan fingerprint density at radius 2 is 1.08 bits per heavy atom. The van der Waals surface area contributed by atoms with Crippen LogP contribution in [0.2, 0.25) is 0 Å². The van der Waals surface area contributed by atoms with Crippen molar-refractivity contribution in [2.24, 2.45) is 0 Å². The zero-order chi connectivity index (χ0) is 34.9. The third-order valence-corrected chi connectivity index (χ3v) is 11.1. The molecule has 0 fully saturated rings. The van der Waals surface area contributed by atoms with Crippen LogP contribution in [0.5, 0.6) is 0 Å². The number of fused-ring (bicyclic) bond motifs is 5. The SMILES string of the molecule is c1ccc(C2(c3ccccc3)c3cc(-n4c5ccccc5c5ccccc54)ccc3-n3c(-c4ccc(-c5ccccn5)cc4)nc4cccc2c43)cc1. The minimum absolute atomic E-state index is 0.623. The lowest BCUT2D eigenvalue weighted by atomic mass is 9.63. The molecule has 4 heterocycles. The molecule has 0 bridgehead atoms. The van der Waals surface area contributed by atoms with Gasteiger partial charge in [-0.25, -0.2) is 4.98 Å². The number of rotatable bonds is 5. The Labute approximate surface area is 306 Å². The summed E-state index contributed by atoms with van der Waals surface area (Å²) in [4.78, 5) is 9.99. The molecule has 0 spiro atoms. The van der Waals surface area contributed by atoms with Crippen LogP contribution in [0, 0.1) is 0 Å². The first-order chi connectivity index (χ1) is 26.3. The quantitative estimate of drug-likeness (QED) is 0.182. The Morgan fingerprint density at radius 1 is 0.453 bits per heavy atom. The third kappa shape index (κ3) is 4.24. The van der Waals surface area contributed by atoms with E-state index in [1.165, 1.54) is 44.1 Å². The van der Waals surface area contributed by atoms with Crippen molar-refractivity contribution in [1.29, 1.82) is 0 Å². The van der Waals surface area contributed by atoms with Crippen molar-refractivity contribution in [2.75, 3.05) is 0 Å². The lowest BCUT2D eigenvalue weighted by molar-refractivity contribution is 0.724. The van der Waals surface area contributed by atoms with Crippen LogP contribution in [-0.4, -0.2) is 19.1 Å². The highest BCUT2D eigenvalue weighted by atomic mass is 15.1. The molecule has 0 saturated heterocycles. The maximum absolute atomic E-state index is 5.41. The fraction of sp³-hybridized carbons (Fsp3) is 0.0204. The summed E-state index contributed by atoms with van der Waals surface area (Å²) in [5.41, 5.74) is 14.0. The summed E-state index contributed by atoms with van der Waals surface area (Å²) in [5, 5.41) is 2.49. The molecule has 0 atom stereocenters. The molecule has 53 heavy (non-hydrogen) atoms. The molecule has 1 aliphatic rings. The Hall–Kier alpha value is -7.04. The van der Waals surface area contributed by atoms with Gasteiger partial charge in [-0.15, -0.1) is 0 Å². The molecule has 0 aliphatic carbocycles. The first-order valence-electron chi connectivity index (χ1n) is 18.1. The van der Waals surface area contributed by atoms with Crippen molar-refractivity contribution in [1.82, 2.24) is 19.1 Å². The Morgan fingerprint density at radius 3 is 1.74 bits per heavy atom. The number of aromatic nitrogens is 4. The number of benzene rings is 7. The van der Waals surface area contributed by atoms with Crippen molar-refractivity contribution in [2.45, 2.75) is 5.41 Å². The molecule has 0 radical (unpaired) electrons. The van der Waals surface area contributed by atoms with Crippen LogP contribution >= 0.6 is 0 Å². The average molecular weight is 677 g/mol. The van der Waals surface area contributed by atoms with E-state index >= 15 is 0 Å². The molecule has 0 amide bonds. The normalized spacial score (nSPS) is 13.1. The van der Waals surface area contributed by atoms with E-state index in [9.17, 15) is 0 Å². The fourth-order valence-corrected chi connectivity index (χ4v) is 8.85. The second-order valence-electron chi connectivity index (χ2n) is 13.8. The number of hydrogen-bond donors (Lipinski definition) is 0. The standard InChI is InChI=1S/C49H32N4/c1-3-14-35(15-4-1)49(36-16-5-2-6-17-36)40-20-13-22-43-47(40)53(48(51-43)34-27-25-33(26-28-34)42-21-11-12-31-50-42)46-30-29-37(32-41(46)49)52-44-23-9-7-18-38(44)39-19-8-10-24-45(39)52/h1-32H. The maximum Gasteiger partial charge on any atom is 0.145 e. The Kier molecular flexibility index (Phi) is 6.43. The van der Waals surface area contributed by atoms with Crippen LogP contribution in [0.1, 0.15) is 22.3 Å². The average Bonchev–Trinajstić information content (AvgIpc) is 3.79. The summed E-state index contributed by atoms with van der Waals surface area (Å²) in [6, 6.07) is 67.8. The lowest BCUT2D eigenvalue weighted by Gasteiger charge is -2.41. The van der Waals surface area contributed by atoms with Crippen molar-refractivity contribution in [3.05, 3.63) is 217 Å². The van der Waals surface area contributed by atoms with Gasteiger partial charge in [0, 0.05) is 33.8 Å². The van der Waals surface area contributed by atoms with E-state index in [2.05, 4.69) is 184 Å². The first-order valence-corrected chi connectivity index (χ1v) is 18.1. The van der Waals surface area contributed by atoms with Gasteiger partial charge < -0.3 is 4.57 Å². The number of nitrogens with zero attached hydrogens (tertiary/aromatic N) is 4. The summed E-state index contributed by atoms with van der Waals surface area (Å²) >= 11 is 0. The Balaban J connectivity index is 1.25. The second-order valence-corrected chi connectivity index (χ2v) is 13.8. The van der Waals surface area contributed by atoms with Crippen molar-refractivity contribution in [3.8, 4) is 34.0 Å². The molecular formula is C49H32N4. The van der Waals surface area contributed by atoms with Crippen molar-refractivity contribution >= 4 is 32.8 Å². The van der Waals surface area contributed by atoms with Crippen molar-refractivity contribution in [3.63, 3.8) is 0 Å². The molecule has 4 heteroatoms. The number of imidazole rings is 1. The van der Waals surface area contributed by atoms with Crippen LogP contribution in [0.4, 0.5) is 0 Å². The fourth-order valence-electron chi connectivity index (χ4n) is 8.85. The highest BCUT2D eigenvalue weighted by molar-refractivity contribution is 6.09. The van der Waals surface area contributed by atoms with Gasteiger partial charge in [0.15, 0.2) is 0 Å². The zero-order valence-corrected chi connectivity index (χ0v) is 28.8. The largest absolute Gasteiger partial charge is 0.309 e. The molecule has 7 aromatic carbocycles. The molecule has 0 N–H and O–H groups in total. The van der Waals surface area contributed by atoms with Gasteiger partial charge >= 0.3 is 0 Å². The van der Waals surface area contributed by atoms with E-state index in [1.54, 1.807) is 0 Å². The van der Waals surface area contributed by atoms with Gasteiger partial charge in [0.1, 0.15) is 5.82 Å². The van der Waals surface area contributed by atoms with E-state index in [0.717, 1.165) is 45.1 Å². The van der Waals surface area contributed by atoms with Gasteiger partial charge in [-0.3, -0.25) is 9.55 Å². The monoisotopic (exact) mass is 676 g/mol. The number of pyridine rings is 1. The Bertz CT molecular complexity index is 2880. The summed E-state index contributed by atoms with van der Waals surface area (Å²) in [6.45, 7) is 0. The van der Waals surface area contributed by atoms with Gasteiger partial charge in [0.05, 0.1) is 38.9 Å². The smallest absolute Gasteiger partial charge is 0.145 e. The summed E-state index contributed by atoms with van der Waals surface area (Å²) in [6.07, 6.45) is 1.84. The van der Waals surface area contributed by atoms with E-state index in [1.807, 2.05) is 24.4 Å². The molecule has 248 valence electrons. The highest BCUT2D eigenvalue weighted by Crippen LogP contribution is 2.54. The van der Waals surface area contributed by atoms with Gasteiger partial charge in [-0.05, 0) is 70.8 Å². The molecule has 4 nitrogen and oxygen atoms in total. The molecule has 3 aromatic heterocycles. The summed E-state index contributed by atoms with van der Waals surface area (Å²) in [5.74, 6) is 0.917. The summed E-state index contributed by atoms with van der Waals surface area (Å²) < 4.78 is 4.82. The van der Waals surface area contributed by atoms with E-state index < -0.39 is 5.41 Å². The molecule has 11 rings (SSSR count). The molecule has 0 saturated carbocycles. The van der Waals surface area contributed by atoms with Crippen LogP contribution in [0.15, 0.2) is 194 Å². The molecule has 1 aliphatic heterocycles. The van der Waals surface area contributed by atoms with E-state index in [0.29, 0.717) is 0 Å². The number of hydrogen-bond acceptors (Lipinski definition) is 2. The van der Waals surface area contributed by atoms with Gasteiger partial charge in [0.25, 0.3) is 0 Å².